The Bertz CT molecular complexity index is 1490. The molecule has 5 rings (SSSR count). The molecule has 3 aromatic carbocycles. The minimum Gasteiger partial charge on any atom is -0.484 e. The number of hydrogen-bond donors (Lipinski definition) is 3. The quantitative estimate of drug-likeness (QED) is 0.404. The summed E-state index contributed by atoms with van der Waals surface area (Å²) < 4.78 is 8.12. The smallest absolute Gasteiger partial charge is 0.199 e. The molecule has 0 saturated carbocycles. The molecule has 0 spiro atoms. The number of likely N-dealkylation sites (N-methyl/N-ethyl adjacent to an activating group) is 1. The number of anilines is 1. The number of rotatable bonds is 4. The van der Waals surface area contributed by atoms with E-state index in [1.165, 1.54) is 0 Å². The number of aromatic nitrogens is 1. The first-order valence-corrected chi connectivity index (χ1v) is 11.6. The Labute approximate surface area is 198 Å². The molecule has 2 heterocycles. The fourth-order valence-electron chi connectivity index (χ4n) is 4.99. The van der Waals surface area contributed by atoms with Gasteiger partial charge < -0.3 is 29.7 Å². The molecule has 0 bridgehead atoms. The van der Waals surface area contributed by atoms with Crippen LogP contribution >= 0.6 is 0 Å². The Kier molecular flexibility index (Phi) is 5.31. The summed E-state index contributed by atoms with van der Waals surface area (Å²) in [6, 6.07) is 13.7. The van der Waals surface area contributed by atoms with Gasteiger partial charge in [-0.25, -0.2) is 0 Å². The summed E-state index contributed by atoms with van der Waals surface area (Å²) in [5.41, 5.74) is 1.33. The monoisotopic (exact) mass is 461 g/mol. The minimum absolute atomic E-state index is 0.115. The van der Waals surface area contributed by atoms with Crippen LogP contribution in [0.4, 0.5) is 5.69 Å². The van der Waals surface area contributed by atoms with Crippen molar-refractivity contribution in [3.63, 3.8) is 0 Å². The summed E-state index contributed by atoms with van der Waals surface area (Å²) in [5.74, 6) is 0.470. The lowest BCUT2D eigenvalue weighted by Gasteiger charge is -2.41. The lowest BCUT2D eigenvalue weighted by atomic mass is 9.86. The first-order valence-electron chi connectivity index (χ1n) is 11.6. The SMILES string of the molecule is CN(C)CCNc1cc2c(c3c1c(=O)c1cc4ccccc4cc1n3C)[C@@H](O)[C@H](O)C(C)(C)O2. The number of aliphatic hydroxyl groups excluding tert-OH is 2. The van der Waals surface area contributed by atoms with Gasteiger partial charge >= 0.3 is 0 Å². The third-order valence-corrected chi connectivity index (χ3v) is 6.89. The Morgan fingerprint density at radius 3 is 2.47 bits per heavy atom. The predicted octanol–water partition coefficient (Wildman–Crippen LogP) is 3.38. The molecule has 178 valence electrons. The predicted molar refractivity (Wildman–Crippen MR) is 137 cm³/mol. The third-order valence-electron chi connectivity index (χ3n) is 6.89. The van der Waals surface area contributed by atoms with Crippen LogP contribution in [0.25, 0.3) is 32.6 Å². The van der Waals surface area contributed by atoms with E-state index in [0.29, 0.717) is 39.8 Å². The van der Waals surface area contributed by atoms with Gasteiger partial charge in [-0.05, 0) is 50.8 Å². The highest BCUT2D eigenvalue weighted by Crippen LogP contribution is 2.45. The second-order valence-electron chi connectivity index (χ2n) is 9.99. The second kappa shape index (κ2) is 7.98. The number of hydrogen-bond acceptors (Lipinski definition) is 6. The van der Waals surface area contributed by atoms with Crippen LogP contribution in [0.3, 0.4) is 0 Å². The molecule has 4 aromatic rings. The van der Waals surface area contributed by atoms with E-state index in [0.717, 1.165) is 22.8 Å². The van der Waals surface area contributed by atoms with Gasteiger partial charge in [-0.2, -0.15) is 0 Å². The fourth-order valence-corrected chi connectivity index (χ4v) is 4.99. The van der Waals surface area contributed by atoms with Gasteiger partial charge in [0.15, 0.2) is 5.43 Å². The number of fused-ring (bicyclic) bond motifs is 5. The minimum atomic E-state index is -1.19. The van der Waals surface area contributed by atoms with Gasteiger partial charge in [0.25, 0.3) is 0 Å². The van der Waals surface area contributed by atoms with Crippen molar-refractivity contribution in [1.82, 2.24) is 9.47 Å². The molecule has 1 aromatic heterocycles. The van der Waals surface area contributed by atoms with Crippen LogP contribution in [-0.4, -0.2) is 58.6 Å². The van der Waals surface area contributed by atoms with Crippen molar-refractivity contribution in [1.29, 1.82) is 0 Å². The van der Waals surface area contributed by atoms with Crippen molar-refractivity contribution in [2.24, 2.45) is 7.05 Å². The molecule has 0 radical (unpaired) electrons. The Balaban J connectivity index is 1.89. The molecule has 0 aliphatic carbocycles. The van der Waals surface area contributed by atoms with Gasteiger partial charge in [0.05, 0.1) is 22.1 Å². The normalized spacial score (nSPS) is 19.5. The van der Waals surface area contributed by atoms with E-state index in [9.17, 15) is 15.0 Å². The highest BCUT2D eigenvalue weighted by atomic mass is 16.5. The van der Waals surface area contributed by atoms with E-state index in [-0.39, 0.29) is 5.43 Å². The van der Waals surface area contributed by atoms with Crippen LogP contribution < -0.4 is 15.5 Å². The maximum atomic E-state index is 14.0. The van der Waals surface area contributed by atoms with E-state index in [2.05, 4.69) is 10.2 Å². The van der Waals surface area contributed by atoms with Crippen molar-refractivity contribution in [3.05, 3.63) is 58.3 Å². The van der Waals surface area contributed by atoms with Crippen molar-refractivity contribution in [2.45, 2.75) is 31.7 Å². The molecule has 0 unspecified atom stereocenters. The summed E-state index contributed by atoms with van der Waals surface area (Å²) in [7, 11) is 5.88. The van der Waals surface area contributed by atoms with E-state index in [4.69, 9.17) is 4.74 Å². The number of ether oxygens (including phenoxy) is 1. The Morgan fingerprint density at radius 1 is 1.12 bits per heavy atom. The number of pyridine rings is 1. The molecule has 2 atom stereocenters. The molecule has 1 aliphatic rings. The highest BCUT2D eigenvalue weighted by molar-refractivity contribution is 6.06. The molecule has 34 heavy (non-hydrogen) atoms. The second-order valence-corrected chi connectivity index (χ2v) is 9.99. The summed E-state index contributed by atoms with van der Waals surface area (Å²) in [6.07, 6.45) is -2.33. The summed E-state index contributed by atoms with van der Waals surface area (Å²) >= 11 is 0. The molecule has 7 heteroatoms. The van der Waals surface area contributed by atoms with E-state index in [1.807, 2.05) is 62.1 Å². The van der Waals surface area contributed by atoms with Gasteiger partial charge in [0.1, 0.15) is 23.6 Å². The standard InChI is InChI=1S/C27H31N3O4/c1-27(2)26(33)25(32)22-20(34-27)14-18(28-10-11-29(3)4)21-23(22)30(5)19-13-16-9-7-6-8-15(16)12-17(19)24(21)31/h6-9,12-14,25-26,28,32-33H,10-11H2,1-5H3/t25-,26+/m1/s1. The number of nitrogens with one attached hydrogen (secondary N) is 1. The van der Waals surface area contributed by atoms with Crippen molar-refractivity contribution in [3.8, 4) is 5.75 Å². The van der Waals surface area contributed by atoms with Gasteiger partial charge in [-0.1, -0.05) is 24.3 Å². The van der Waals surface area contributed by atoms with Crippen molar-refractivity contribution >= 4 is 38.3 Å². The van der Waals surface area contributed by atoms with Gasteiger partial charge in [-0.15, -0.1) is 0 Å². The summed E-state index contributed by atoms with van der Waals surface area (Å²) in [6.45, 7) is 4.91. The molecular formula is C27H31N3O4. The van der Waals surface area contributed by atoms with Crippen LogP contribution in [0.2, 0.25) is 0 Å². The molecule has 3 N–H and O–H groups in total. The third kappa shape index (κ3) is 3.43. The fraction of sp³-hybridized carbons (Fsp3) is 0.370. The number of benzene rings is 3. The van der Waals surface area contributed by atoms with Gasteiger partial charge in [-0.3, -0.25) is 4.79 Å². The number of aryl methyl sites for hydroxylation is 1. The van der Waals surface area contributed by atoms with Gasteiger partial charge in [0.2, 0.25) is 0 Å². The maximum Gasteiger partial charge on any atom is 0.199 e. The number of nitrogens with zero attached hydrogens (tertiary/aromatic N) is 2. The van der Waals surface area contributed by atoms with Gasteiger partial charge in [0, 0.05) is 37.2 Å². The van der Waals surface area contributed by atoms with Crippen LogP contribution in [0.15, 0.2) is 47.3 Å². The maximum absolute atomic E-state index is 14.0. The van der Waals surface area contributed by atoms with Crippen LogP contribution in [-0.2, 0) is 7.05 Å². The molecule has 1 aliphatic heterocycles. The van der Waals surface area contributed by atoms with Crippen LogP contribution in [0.5, 0.6) is 5.75 Å². The molecule has 7 nitrogen and oxygen atoms in total. The van der Waals surface area contributed by atoms with Crippen molar-refractivity contribution in [2.75, 3.05) is 32.5 Å². The first-order chi connectivity index (χ1) is 16.1. The highest BCUT2D eigenvalue weighted by Gasteiger charge is 2.44. The van der Waals surface area contributed by atoms with Crippen LogP contribution in [0.1, 0.15) is 25.5 Å². The molecule has 0 amide bonds. The molecular weight excluding hydrogens is 430 g/mol. The number of aliphatic hydroxyl groups is 2. The summed E-state index contributed by atoms with van der Waals surface area (Å²) in [4.78, 5) is 16.0. The Hall–Kier alpha value is -3.13. The van der Waals surface area contributed by atoms with E-state index < -0.39 is 17.8 Å². The largest absolute Gasteiger partial charge is 0.484 e. The Morgan fingerprint density at radius 2 is 1.79 bits per heavy atom. The van der Waals surface area contributed by atoms with E-state index in [1.54, 1.807) is 19.9 Å². The summed E-state index contributed by atoms with van der Waals surface area (Å²) in [5, 5.41) is 28.5. The topological polar surface area (TPSA) is 87.0 Å². The lowest BCUT2D eigenvalue weighted by Crippen LogP contribution is -2.49. The average Bonchev–Trinajstić information content (AvgIpc) is 2.79. The zero-order valence-electron chi connectivity index (χ0n) is 20.2. The molecule has 0 saturated heterocycles. The van der Waals surface area contributed by atoms with Crippen molar-refractivity contribution < 1.29 is 14.9 Å². The van der Waals surface area contributed by atoms with Crippen LogP contribution in [0, 0.1) is 0 Å². The zero-order valence-corrected chi connectivity index (χ0v) is 20.2. The first kappa shape index (κ1) is 22.7. The zero-order chi connectivity index (χ0) is 24.4. The van der Waals surface area contributed by atoms with E-state index >= 15 is 0 Å². The average molecular weight is 462 g/mol. The molecule has 0 fully saturated rings. The lowest BCUT2D eigenvalue weighted by molar-refractivity contribution is -0.111.